The van der Waals surface area contributed by atoms with Crippen LogP contribution in [-0.2, 0) is 6.54 Å². The van der Waals surface area contributed by atoms with Crippen molar-refractivity contribution in [3.8, 4) is 0 Å². The second-order valence-electron chi connectivity index (χ2n) is 7.32. The van der Waals surface area contributed by atoms with Gasteiger partial charge in [0.25, 0.3) is 5.91 Å². The largest absolute Gasteiger partial charge is 0.398 e. The molecular weight excluding hydrogens is 352 g/mol. The number of amides is 1. The highest BCUT2D eigenvalue weighted by molar-refractivity contribution is 6.06. The van der Waals surface area contributed by atoms with Crippen LogP contribution >= 0.6 is 0 Å². The highest BCUT2D eigenvalue weighted by atomic mass is 16.1. The molecule has 1 aromatic heterocycles. The van der Waals surface area contributed by atoms with E-state index in [9.17, 15) is 4.79 Å². The second-order valence-corrected chi connectivity index (χ2v) is 7.32. The Morgan fingerprint density at radius 2 is 2.25 bits per heavy atom. The average Bonchev–Trinajstić information content (AvgIpc) is 3.27. The van der Waals surface area contributed by atoms with Crippen LogP contribution < -0.4 is 11.1 Å². The molecule has 0 bridgehead atoms. The third kappa shape index (κ3) is 3.61. The van der Waals surface area contributed by atoms with Gasteiger partial charge in [-0.2, -0.15) is 0 Å². The molecule has 28 heavy (non-hydrogen) atoms. The molecule has 5 N–H and O–H groups in total. The van der Waals surface area contributed by atoms with Gasteiger partial charge in [0.1, 0.15) is 5.82 Å². The summed E-state index contributed by atoms with van der Waals surface area (Å²) < 4.78 is 0. The fraction of sp³-hybridized carbons (Fsp3) is 0.286. The van der Waals surface area contributed by atoms with Crippen LogP contribution in [0, 0.1) is 5.41 Å². The van der Waals surface area contributed by atoms with Crippen LogP contribution in [0.4, 0.5) is 11.4 Å². The van der Waals surface area contributed by atoms with E-state index in [0.29, 0.717) is 28.5 Å². The molecule has 144 valence electrons. The number of likely N-dealkylation sites (tertiary alicyclic amines) is 1. The lowest BCUT2D eigenvalue weighted by molar-refractivity contribution is 0.102. The monoisotopic (exact) mass is 376 g/mol. The molecule has 0 unspecified atom stereocenters. The minimum absolute atomic E-state index is 0.243. The molecule has 4 rings (SSSR count). The molecule has 1 saturated heterocycles. The van der Waals surface area contributed by atoms with E-state index < -0.39 is 0 Å². The first-order valence-corrected chi connectivity index (χ1v) is 9.47. The lowest BCUT2D eigenvalue weighted by Crippen LogP contribution is -2.26. The number of aromatic nitrogens is 2. The smallest absolute Gasteiger partial charge is 0.255 e. The molecule has 1 aliphatic heterocycles. The van der Waals surface area contributed by atoms with Crippen LogP contribution in [0.1, 0.15) is 41.5 Å². The first-order chi connectivity index (χ1) is 13.5. The van der Waals surface area contributed by atoms with Crippen molar-refractivity contribution in [3.05, 3.63) is 53.3 Å². The second kappa shape index (κ2) is 7.44. The zero-order chi connectivity index (χ0) is 19.7. The summed E-state index contributed by atoms with van der Waals surface area (Å²) in [4.78, 5) is 23.0. The highest BCUT2D eigenvalue weighted by Gasteiger charge is 2.21. The fourth-order valence-electron chi connectivity index (χ4n) is 3.68. The maximum absolute atomic E-state index is 12.5. The maximum atomic E-state index is 12.5. The number of carbonyl (C=O) groups excluding carboxylic acids is 1. The van der Waals surface area contributed by atoms with Gasteiger partial charge in [0.2, 0.25) is 0 Å². The van der Waals surface area contributed by atoms with E-state index in [-0.39, 0.29) is 5.91 Å². The summed E-state index contributed by atoms with van der Waals surface area (Å²) in [6.45, 7) is 4.18. The number of rotatable bonds is 5. The minimum atomic E-state index is -0.243. The molecule has 0 saturated carbocycles. The first kappa shape index (κ1) is 18.2. The Kier molecular flexibility index (Phi) is 4.83. The van der Waals surface area contributed by atoms with Crippen molar-refractivity contribution in [3.63, 3.8) is 0 Å². The Morgan fingerprint density at radius 1 is 1.39 bits per heavy atom. The molecule has 1 fully saturated rings. The average molecular weight is 376 g/mol. The summed E-state index contributed by atoms with van der Waals surface area (Å²) in [7, 11) is 0. The Morgan fingerprint density at radius 3 is 3.00 bits per heavy atom. The number of nitrogens with two attached hydrogens (primary N) is 1. The number of fused-ring (bicyclic) bond motifs is 1. The number of carbonyl (C=O) groups is 1. The van der Waals surface area contributed by atoms with Gasteiger partial charge >= 0.3 is 0 Å². The predicted molar refractivity (Wildman–Crippen MR) is 112 cm³/mol. The van der Waals surface area contributed by atoms with Crippen molar-refractivity contribution < 1.29 is 4.79 Å². The van der Waals surface area contributed by atoms with Crippen molar-refractivity contribution in [1.29, 1.82) is 5.41 Å². The van der Waals surface area contributed by atoms with Gasteiger partial charge in [0.05, 0.1) is 17.6 Å². The number of nitrogens with one attached hydrogen (secondary N) is 3. The Hall–Kier alpha value is -3.19. The number of hydrogen-bond acceptors (Lipinski definition) is 5. The van der Waals surface area contributed by atoms with Crippen LogP contribution in [-0.4, -0.2) is 39.6 Å². The number of anilines is 2. The summed E-state index contributed by atoms with van der Waals surface area (Å²) in [5.41, 5.74) is 9.73. The number of nitrogen functional groups attached to an aromatic ring is 1. The van der Waals surface area contributed by atoms with Gasteiger partial charge in [-0.05, 0) is 62.7 Å². The zero-order valence-corrected chi connectivity index (χ0v) is 15.8. The van der Waals surface area contributed by atoms with Crippen molar-refractivity contribution >= 4 is 34.5 Å². The standard InChI is InChI=1S/C21H24N6O/c1-13-3-2-8-27(13)12-20-25-18-7-5-16(10-19(18)26-20)24-21(28)14-4-6-17(23)15(9-14)11-22/h4-7,9-11,13,22H,2-3,8,12,23H2,1H3,(H,24,28)(H,25,26)/t13-/m0/s1. The number of imidazole rings is 1. The molecule has 0 radical (unpaired) electrons. The molecule has 1 aliphatic rings. The van der Waals surface area contributed by atoms with Crippen LogP contribution in [0.5, 0.6) is 0 Å². The van der Waals surface area contributed by atoms with E-state index >= 15 is 0 Å². The molecule has 0 aliphatic carbocycles. The SMILES string of the molecule is C[C@H]1CCCN1Cc1nc2ccc(NC(=O)c3ccc(N)c(C=N)c3)cc2[nH]1. The molecule has 0 spiro atoms. The Labute approximate surface area is 163 Å². The van der Waals surface area contributed by atoms with Gasteiger partial charge in [0, 0.05) is 34.8 Å². The normalized spacial score (nSPS) is 17.1. The quantitative estimate of drug-likeness (QED) is 0.404. The van der Waals surface area contributed by atoms with Gasteiger partial charge in [-0.1, -0.05) is 0 Å². The van der Waals surface area contributed by atoms with Crippen LogP contribution in [0.15, 0.2) is 36.4 Å². The van der Waals surface area contributed by atoms with E-state index in [1.165, 1.54) is 12.8 Å². The molecule has 2 aromatic carbocycles. The van der Waals surface area contributed by atoms with E-state index in [2.05, 4.69) is 27.1 Å². The van der Waals surface area contributed by atoms with E-state index in [1.54, 1.807) is 18.2 Å². The summed E-state index contributed by atoms with van der Waals surface area (Å²) in [5.74, 6) is 0.703. The molecule has 7 nitrogen and oxygen atoms in total. The van der Waals surface area contributed by atoms with Gasteiger partial charge in [0.15, 0.2) is 0 Å². The predicted octanol–water partition coefficient (Wildman–Crippen LogP) is 3.38. The van der Waals surface area contributed by atoms with Gasteiger partial charge in [-0.15, -0.1) is 0 Å². The molecule has 1 amide bonds. The lowest BCUT2D eigenvalue weighted by Gasteiger charge is -2.19. The molecule has 3 aromatic rings. The van der Waals surface area contributed by atoms with Gasteiger partial charge in [-0.25, -0.2) is 4.98 Å². The first-order valence-electron chi connectivity index (χ1n) is 9.47. The Bertz CT molecular complexity index is 1040. The third-order valence-electron chi connectivity index (χ3n) is 5.34. The topological polar surface area (TPSA) is 111 Å². The maximum Gasteiger partial charge on any atom is 0.255 e. The number of benzene rings is 2. The summed E-state index contributed by atoms with van der Waals surface area (Å²) >= 11 is 0. The summed E-state index contributed by atoms with van der Waals surface area (Å²) in [5, 5.41) is 10.3. The number of H-pyrrole nitrogens is 1. The third-order valence-corrected chi connectivity index (χ3v) is 5.34. The molecule has 1 atom stereocenters. The van der Waals surface area contributed by atoms with Crippen molar-refractivity contribution in [2.24, 2.45) is 0 Å². The summed E-state index contributed by atoms with van der Waals surface area (Å²) in [6.07, 6.45) is 3.62. The fourth-order valence-corrected chi connectivity index (χ4v) is 3.68. The highest BCUT2D eigenvalue weighted by Crippen LogP contribution is 2.22. The minimum Gasteiger partial charge on any atom is -0.398 e. The van der Waals surface area contributed by atoms with Crippen molar-refractivity contribution in [2.45, 2.75) is 32.4 Å². The van der Waals surface area contributed by atoms with E-state index in [1.807, 2.05) is 18.2 Å². The Balaban J connectivity index is 1.51. The lowest BCUT2D eigenvalue weighted by atomic mass is 10.1. The van der Waals surface area contributed by atoms with E-state index in [4.69, 9.17) is 11.1 Å². The van der Waals surface area contributed by atoms with Crippen LogP contribution in [0.25, 0.3) is 11.0 Å². The van der Waals surface area contributed by atoms with E-state index in [0.717, 1.165) is 36.2 Å². The van der Waals surface area contributed by atoms with Crippen molar-refractivity contribution in [1.82, 2.24) is 14.9 Å². The van der Waals surface area contributed by atoms with Crippen LogP contribution in [0.2, 0.25) is 0 Å². The molecule has 7 heteroatoms. The van der Waals surface area contributed by atoms with Crippen molar-refractivity contribution in [2.75, 3.05) is 17.6 Å². The molecular formula is C21H24N6O. The summed E-state index contributed by atoms with van der Waals surface area (Å²) in [6, 6.07) is 11.1. The van der Waals surface area contributed by atoms with Crippen LogP contribution in [0.3, 0.4) is 0 Å². The number of aromatic amines is 1. The van der Waals surface area contributed by atoms with Gasteiger partial charge < -0.3 is 21.4 Å². The molecule has 2 heterocycles. The number of nitrogens with zero attached hydrogens (tertiary/aromatic N) is 2. The zero-order valence-electron chi connectivity index (χ0n) is 15.8. The number of hydrogen-bond donors (Lipinski definition) is 4. The van der Waals surface area contributed by atoms with Gasteiger partial charge in [-0.3, -0.25) is 9.69 Å².